The van der Waals surface area contributed by atoms with Gasteiger partial charge in [-0.05, 0) is 31.1 Å². The van der Waals surface area contributed by atoms with Crippen LogP contribution in [0.3, 0.4) is 0 Å². The number of rotatable bonds is 48. The number of carbonyl (C=O) groups excluding carboxylic acids is 3. The second-order valence-corrected chi connectivity index (χ2v) is 19.5. The summed E-state index contributed by atoms with van der Waals surface area (Å²) in [5, 5.41) is 0. The second kappa shape index (κ2) is 46.9. The van der Waals surface area contributed by atoms with E-state index in [0.29, 0.717) is 19.3 Å². The fourth-order valence-corrected chi connectivity index (χ4v) is 8.17. The van der Waals surface area contributed by atoms with Crippen LogP contribution in [0.4, 0.5) is 0 Å². The zero-order valence-corrected chi connectivity index (χ0v) is 41.1. The van der Waals surface area contributed by atoms with Gasteiger partial charge in [0.15, 0.2) is 6.10 Å². The zero-order valence-electron chi connectivity index (χ0n) is 41.1. The van der Waals surface area contributed by atoms with Crippen LogP contribution in [-0.2, 0) is 28.6 Å². The molecule has 0 amide bonds. The van der Waals surface area contributed by atoms with E-state index in [2.05, 4.69) is 34.6 Å². The second-order valence-electron chi connectivity index (χ2n) is 19.5. The molecule has 0 aliphatic carbocycles. The molecule has 0 aliphatic rings. The van der Waals surface area contributed by atoms with Crippen molar-refractivity contribution in [2.45, 2.75) is 304 Å². The smallest absolute Gasteiger partial charge is 0.306 e. The molecule has 0 fully saturated rings. The van der Waals surface area contributed by atoms with Gasteiger partial charge in [0, 0.05) is 19.3 Å². The molecule has 0 saturated carbocycles. The fourth-order valence-electron chi connectivity index (χ4n) is 8.17. The van der Waals surface area contributed by atoms with E-state index in [1.54, 1.807) is 0 Å². The van der Waals surface area contributed by atoms with Crippen molar-refractivity contribution < 1.29 is 28.6 Å². The van der Waals surface area contributed by atoms with Crippen LogP contribution in [0, 0.1) is 11.8 Å². The van der Waals surface area contributed by atoms with Crippen molar-refractivity contribution >= 4 is 17.9 Å². The van der Waals surface area contributed by atoms with E-state index in [-0.39, 0.29) is 31.1 Å². The Kier molecular flexibility index (Phi) is 45.7. The molecule has 0 aromatic heterocycles. The lowest BCUT2D eigenvalue weighted by Gasteiger charge is -2.18. The fraction of sp³-hybridized carbons (Fsp3) is 0.944. The quantitative estimate of drug-likeness (QED) is 0.0345. The van der Waals surface area contributed by atoms with E-state index in [1.165, 1.54) is 186 Å². The van der Waals surface area contributed by atoms with E-state index in [0.717, 1.165) is 69.6 Å². The maximum absolute atomic E-state index is 12.8. The van der Waals surface area contributed by atoms with Crippen LogP contribution in [-0.4, -0.2) is 37.2 Å². The molecule has 0 bridgehead atoms. The summed E-state index contributed by atoms with van der Waals surface area (Å²) in [5.41, 5.74) is 0. The molecule has 0 aromatic rings. The molecule has 356 valence electrons. The molecule has 0 rings (SSSR count). The van der Waals surface area contributed by atoms with Gasteiger partial charge < -0.3 is 14.2 Å². The molecule has 6 nitrogen and oxygen atoms in total. The standard InChI is InChI=1S/C54H104O6/c1-6-7-8-9-10-11-12-18-24-29-34-39-44-52(55)58-47-51(60-54(57)46-41-36-31-26-21-20-23-28-33-38-43-50(4)5)48-59-53(56)45-40-35-30-25-19-16-14-13-15-17-22-27-32-37-42-49(2)3/h49-51H,6-48H2,1-5H3/t51-/m1/s1. The van der Waals surface area contributed by atoms with Gasteiger partial charge in [0.25, 0.3) is 0 Å². The number of unbranched alkanes of at least 4 members (excludes halogenated alkanes) is 33. The minimum Gasteiger partial charge on any atom is -0.462 e. The molecule has 0 aromatic carbocycles. The third-order valence-electron chi connectivity index (χ3n) is 12.2. The Morgan fingerprint density at radius 1 is 0.317 bits per heavy atom. The first-order valence-electron chi connectivity index (χ1n) is 26.7. The first-order valence-corrected chi connectivity index (χ1v) is 26.7. The summed E-state index contributed by atoms with van der Waals surface area (Å²) in [5.74, 6) is 0.815. The Bertz CT molecular complexity index is 916. The third kappa shape index (κ3) is 47.5. The Morgan fingerprint density at radius 2 is 0.550 bits per heavy atom. The van der Waals surface area contributed by atoms with Gasteiger partial charge in [-0.15, -0.1) is 0 Å². The SMILES string of the molecule is CCCCCCCCCCCCCCC(=O)OC[C@H](COC(=O)CCCCCCCCCCCCCCCCC(C)C)OC(=O)CCCCCCCCCCCCC(C)C. The van der Waals surface area contributed by atoms with E-state index in [9.17, 15) is 14.4 Å². The highest BCUT2D eigenvalue weighted by molar-refractivity contribution is 5.71. The van der Waals surface area contributed by atoms with Crippen LogP contribution in [0.2, 0.25) is 0 Å². The summed E-state index contributed by atoms with van der Waals surface area (Å²) in [6, 6.07) is 0. The first kappa shape index (κ1) is 58.4. The summed E-state index contributed by atoms with van der Waals surface area (Å²) in [6.07, 6.45) is 48.0. The van der Waals surface area contributed by atoms with Crippen LogP contribution in [0.1, 0.15) is 298 Å². The van der Waals surface area contributed by atoms with Crippen molar-refractivity contribution in [3.63, 3.8) is 0 Å². The van der Waals surface area contributed by atoms with Crippen LogP contribution in [0.15, 0.2) is 0 Å². The molecule has 0 radical (unpaired) electrons. The Hall–Kier alpha value is -1.59. The molecule has 0 unspecified atom stereocenters. The van der Waals surface area contributed by atoms with Gasteiger partial charge in [-0.3, -0.25) is 14.4 Å². The van der Waals surface area contributed by atoms with Crippen molar-refractivity contribution in [3.05, 3.63) is 0 Å². The minimum absolute atomic E-state index is 0.0634. The summed E-state index contributed by atoms with van der Waals surface area (Å²) in [6.45, 7) is 11.4. The average molecular weight is 849 g/mol. The number of carbonyl (C=O) groups is 3. The van der Waals surface area contributed by atoms with Gasteiger partial charge in [0.1, 0.15) is 13.2 Å². The number of hydrogen-bond acceptors (Lipinski definition) is 6. The number of esters is 3. The topological polar surface area (TPSA) is 78.9 Å². The highest BCUT2D eigenvalue weighted by Gasteiger charge is 2.19. The first-order chi connectivity index (χ1) is 29.2. The van der Waals surface area contributed by atoms with Crippen molar-refractivity contribution in [1.29, 1.82) is 0 Å². The predicted molar refractivity (Wildman–Crippen MR) is 256 cm³/mol. The molecule has 0 spiro atoms. The maximum Gasteiger partial charge on any atom is 0.306 e. The third-order valence-corrected chi connectivity index (χ3v) is 12.2. The Morgan fingerprint density at radius 3 is 0.817 bits per heavy atom. The van der Waals surface area contributed by atoms with Crippen LogP contribution in [0.5, 0.6) is 0 Å². The van der Waals surface area contributed by atoms with E-state index in [1.807, 2.05) is 0 Å². The average Bonchev–Trinajstić information content (AvgIpc) is 3.22. The molecule has 60 heavy (non-hydrogen) atoms. The van der Waals surface area contributed by atoms with E-state index in [4.69, 9.17) is 14.2 Å². The van der Waals surface area contributed by atoms with Gasteiger partial charge >= 0.3 is 17.9 Å². The maximum atomic E-state index is 12.8. The van der Waals surface area contributed by atoms with Gasteiger partial charge in [-0.2, -0.15) is 0 Å². The summed E-state index contributed by atoms with van der Waals surface area (Å²) in [4.78, 5) is 38.0. The van der Waals surface area contributed by atoms with Gasteiger partial charge in [-0.25, -0.2) is 0 Å². The van der Waals surface area contributed by atoms with E-state index < -0.39 is 6.10 Å². The van der Waals surface area contributed by atoms with Crippen molar-refractivity contribution in [3.8, 4) is 0 Å². The molecular weight excluding hydrogens is 745 g/mol. The zero-order chi connectivity index (χ0) is 44.0. The lowest BCUT2D eigenvalue weighted by atomic mass is 10.0. The molecular formula is C54H104O6. The summed E-state index contributed by atoms with van der Waals surface area (Å²) in [7, 11) is 0. The van der Waals surface area contributed by atoms with Gasteiger partial charge in [-0.1, -0.05) is 259 Å². The lowest BCUT2D eigenvalue weighted by molar-refractivity contribution is -0.167. The normalized spacial score (nSPS) is 12.1. The molecule has 6 heteroatoms. The van der Waals surface area contributed by atoms with Crippen molar-refractivity contribution in [1.82, 2.24) is 0 Å². The predicted octanol–water partition coefficient (Wildman–Crippen LogP) is 17.3. The van der Waals surface area contributed by atoms with Crippen molar-refractivity contribution in [2.75, 3.05) is 13.2 Å². The van der Waals surface area contributed by atoms with Crippen LogP contribution < -0.4 is 0 Å². The minimum atomic E-state index is -0.761. The van der Waals surface area contributed by atoms with Gasteiger partial charge in [0.05, 0.1) is 0 Å². The molecule has 0 heterocycles. The highest BCUT2D eigenvalue weighted by atomic mass is 16.6. The molecule has 1 atom stereocenters. The monoisotopic (exact) mass is 849 g/mol. The summed E-state index contributed by atoms with van der Waals surface area (Å²) < 4.78 is 16.8. The largest absolute Gasteiger partial charge is 0.462 e. The van der Waals surface area contributed by atoms with Gasteiger partial charge in [0.2, 0.25) is 0 Å². The Balaban J connectivity index is 4.29. The van der Waals surface area contributed by atoms with Crippen molar-refractivity contribution in [2.24, 2.45) is 11.8 Å². The van der Waals surface area contributed by atoms with E-state index >= 15 is 0 Å². The molecule has 0 N–H and O–H groups in total. The summed E-state index contributed by atoms with van der Waals surface area (Å²) >= 11 is 0. The number of hydrogen-bond donors (Lipinski definition) is 0. The van der Waals surface area contributed by atoms with Crippen LogP contribution >= 0.6 is 0 Å². The Labute approximate surface area is 374 Å². The highest BCUT2D eigenvalue weighted by Crippen LogP contribution is 2.17. The molecule has 0 saturated heterocycles. The number of ether oxygens (including phenoxy) is 3. The van der Waals surface area contributed by atoms with Crippen LogP contribution in [0.25, 0.3) is 0 Å². The molecule has 0 aliphatic heterocycles. The lowest BCUT2D eigenvalue weighted by Crippen LogP contribution is -2.30.